The lowest BCUT2D eigenvalue weighted by atomic mass is 10.2. The molecule has 1 aromatic heterocycles. The smallest absolute Gasteiger partial charge is 0.354 e. The first-order valence-electron chi connectivity index (χ1n) is 7.14. The van der Waals surface area contributed by atoms with Crippen LogP contribution in [0.25, 0.3) is 10.9 Å². The Hall–Kier alpha value is -2.27. The minimum absolute atomic E-state index is 0.371. The van der Waals surface area contributed by atoms with Crippen molar-refractivity contribution in [3.63, 3.8) is 0 Å². The number of rotatable bonds is 4. The number of esters is 1. The third-order valence-electron chi connectivity index (χ3n) is 3.74. The van der Waals surface area contributed by atoms with E-state index in [9.17, 15) is 4.79 Å². The number of fused-ring (bicyclic) bond motifs is 1. The van der Waals surface area contributed by atoms with E-state index >= 15 is 0 Å². The minimum Gasteiger partial charge on any atom is -0.487 e. The van der Waals surface area contributed by atoms with Gasteiger partial charge in [-0.1, -0.05) is 46.3 Å². The van der Waals surface area contributed by atoms with Crippen LogP contribution >= 0.6 is 15.9 Å². The molecule has 0 aliphatic heterocycles. The summed E-state index contributed by atoms with van der Waals surface area (Å²) in [6, 6.07) is 15.6. The second-order valence-electron chi connectivity index (χ2n) is 5.16. The second-order valence-corrected chi connectivity index (χ2v) is 6.02. The minimum atomic E-state index is -0.371. The Morgan fingerprint density at radius 3 is 2.61 bits per heavy atom. The summed E-state index contributed by atoms with van der Waals surface area (Å²) in [6.45, 7) is 0.469. The van der Waals surface area contributed by atoms with E-state index in [-0.39, 0.29) is 5.97 Å². The van der Waals surface area contributed by atoms with Crippen molar-refractivity contribution < 1.29 is 14.3 Å². The molecule has 0 aliphatic carbocycles. The largest absolute Gasteiger partial charge is 0.487 e. The summed E-state index contributed by atoms with van der Waals surface area (Å²) < 4.78 is 13.5. The van der Waals surface area contributed by atoms with Gasteiger partial charge in [-0.25, -0.2) is 4.79 Å². The van der Waals surface area contributed by atoms with Crippen LogP contribution in [0.5, 0.6) is 5.75 Å². The monoisotopic (exact) mass is 373 g/mol. The van der Waals surface area contributed by atoms with Crippen LogP contribution in [0, 0.1) is 0 Å². The lowest BCUT2D eigenvalue weighted by Gasteiger charge is -2.10. The van der Waals surface area contributed by atoms with Crippen molar-refractivity contribution in [2.45, 2.75) is 6.61 Å². The summed E-state index contributed by atoms with van der Waals surface area (Å²) in [4.78, 5) is 11.9. The van der Waals surface area contributed by atoms with Crippen molar-refractivity contribution in [2.24, 2.45) is 7.05 Å². The van der Waals surface area contributed by atoms with E-state index < -0.39 is 0 Å². The Labute approximate surface area is 142 Å². The van der Waals surface area contributed by atoms with Gasteiger partial charge < -0.3 is 14.0 Å². The van der Waals surface area contributed by atoms with Crippen LogP contribution in [0.3, 0.4) is 0 Å². The number of hydrogen-bond donors (Lipinski definition) is 0. The molecule has 3 rings (SSSR count). The first-order valence-corrected chi connectivity index (χ1v) is 7.94. The van der Waals surface area contributed by atoms with Gasteiger partial charge in [0.15, 0.2) is 0 Å². The zero-order valence-corrected chi connectivity index (χ0v) is 14.5. The van der Waals surface area contributed by atoms with Gasteiger partial charge in [0.05, 0.1) is 12.6 Å². The molecule has 0 fully saturated rings. The standard InChI is InChI=1S/C18H16BrNO3/c1-20-15(18(21)22-2)10-13-14(19)8-9-16(17(13)20)23-11-12-6-4-3-5-7-12/h3-10H,11H2,1-2H3. The van der Waals surface area contributed by atoms with Crippen molar-refractivity contribution >= 4 is 32.8 Å². The van der Waals surface area contributed by atoms with Crippen LogP contribution in [0.15, 0.2) is 53.0 Å². The Balaban J connectivity index is 2.02. The SMILES string of the molecule is COC(=O)c1cc2c(Br)ccc(OCc3ccccc3)c2n1C. The van der Waals surface area contributed by atoms with Gasteiger partial charge in [-0.2, -0.15) is 0 Å². The molecule has 0 N–H and O–H groups in total. The molecule has 0 radical (unpaired) electrons. The molecule has 0 saturated heterocycles. The number of carbonyl (C=O) groups excluding carboxylic acids is 1. The predicted octanol–water partition coefficient (Wildman–Crippen LogP) is 4.31. The Kier molecular flexibility index (Phi) is 4.39. The first-order chi connectivity index (χ1) is 11.1. The van der Waals surface area contributed by atoms with Gasteiger partial charge in [0.1, 0.15) is 18.1 Å². The highest BCUT2D eigenvalue weighted by Gasteiger charge is 2.18. The van der Waals surface area contributed by atoms with E-state index in [1.165, 1.54) is 7.11 Å². The molecule has 1 heterocycles. The number of halogens is 1. The van der Waals surface area contributed by atoms with E-state index in [0.717, 1.165) is 26.7 Å². The molecule has 0 spiro atoms. The summed E-state index contributed by atoms with van der Waals surface area (Å²) >= 11 is 3.52. The fourth-order valence-electron chi connectivity index (χ4n) is 2.55. The van der Waals surface area contributed by atoms with E-state index in [1.807, 2.05) is 49.5 Å². The van der Waals surface area contributed by atoms with Crippen molar-refractivity contribution in [3.05, 3.63) is 64.3 Å². The maximum atomic E-state index is 11.9. The highest BCUT2D eigenvalue weighted by Crippen LogP contribution is 2.34. The zero-order chi connectivity index (χ0) is 16.4. The molecule has 0 saturated carbocycles. The number of methoxy groups -OCH3 is 1. The number of aryl methyl sites for hydroxylation is 1. The highest BCUT2D eigenvalue weighted by atomic mass is 79.9. The molecular formula is C18H16BrNO3. The Bertz CT molecular complexity index is 856. The summed E-state index contributed by atoms with van der Waals surface area (Å²) in [5, 5.41) is 0.915. The zero-order valence-electron chi connectivity index (χ0n) is 12.9. The second kappa shape index (κ2) is 6.46. The lowest BCUT2D eigenvalue weighted by Crippen LogP contribution is -2.07. The molecule has 0 unspecified atom stereocenters. The number of aromatic nitrogens is 1. The van der Waals surface area contributed by atoms with Crippen LogP contribution in [0.4, 0.5) is 0 Å². The first kappa shape index (κ1) is 15.6. The van der Waals surface area contributed by atoms with Crippen LogP contribution in [0.2, 0.25) is 0 Å². The summed E-state index contributed by atoms with van der Waals surface area (Å²) in [6.07, 6.45) is 0. The van der Waals surface area contributed by atoms with Gasteiger partial charge in [-0.15, -0.1) is 0 Å². The van der Waals surface area contributed by atoms with Crippen molar-refractivity contribution in [2.75, 3.05) is 7.11 Å². The van der Waals surface area contributed by atoms with Crippen LogP contribution in [0.1, 0.15) is 16.1 Å². The normalized spacial score (nSPS) is 10.7. The number of carbonyl (C=O) groups is 1. The van der Waals surface area contributed by atoms with Crippen LogP contribution < -0.4 is 4.74 Å². The molecule has 2 aromatic carbocycles. The maximum absolute atomic E-state index is 11.9. The van der Waals surface area contributed by atoms with Gasteiger partial charge in [-0.05, 0) is 23.8 Å². The van der Waals surface area contributed by atoms with E-state index in [1.54, 1.807) is 10.6 Å². The van der Waals surface area contributed by atoms with E-state index in [4.69, 9.17) is 9.47 Å². The number of nitrogens with zero attached hydrogens (tertiary/aromatic N) is 1. The van der Waals surface area contributed by atoms with Crippen LogP contribution in [-0.2, 0) is 18.4 Å². The van der Waals surface area contributed by atoms with Gasteiger partial charge in [0, 0.05) is 16.9 Å². The fourth-order valence-corrected chi connectivity index (χ4v) is 2.99. The van der Waals surface area contributed by atoms with Crippen molar-refractivity contribution in [1.82, 2.24) is 4.57 Å². The molecule has 4 nitrogen and oxygen atoms in total. The quantitative estimate of drug-likeness (QED) is 0.639. The molecular weight excluding hydrogens is 358 g/mol. The number of ether oxygens (including phenoxy) is 2. The van der Waals surface area contributed by atoms with Crippen molar-refractivity contribution in [3.8, 4) is 5.75 Å². The third kappa shape index (κ3) is 2.97. The third-order valence-corrected chi connectivity index (χ3v) is 4.43. The average molecular weight is 374 g/mol. The lowest BCUT2D eigenvalue weighted by molar-refractivity contribution is 0.0590. The van der Waals surface area contributed by atoms with E-state index in [2.05, 4.69) is 15.9 Å². The maximum Gasteiger partial charge on any atom is 0.354 e. The van der Waals surface area contributed by atoms with Crippen LogP contribution in [-0.4, -0.2) is 17.6 Å². The molecule has 0 bridgehead atoms. The number of hydrogen-bond acceptors (Lipinski definition) is 3. The topological polar surface area (TPSA) is 40.5 Å². The van der Waals surface area contributed by atoms with Gasteiger partial charge in [0.2, 0.25) is 0 Å². The van der Waals surface area contributed by atoms with Gasteiger partial charge in [-0.3, -0.25) is 0 Å². The molecule has 3 aromatic rings. The Morgan fingerprint density at radius 1 is 1.17 bits per heavy atom. The van der Waals surface area contributed by atoms with E-state index in [0.29, 0.717) is 12.3 Å². The molecule has 0 amide bonds. The average Bonchev–Trinajstić information content (AvgIpc) is 2.93. The molecule has 0 aliphatic rings. The predicted molar refractivity (Wildman–Crippen MR) is 92.7 cm³/mol. The summed E-state index contributed by atoms with van der Waals surface area (Å²) in [5.74, 6) is 0.356. The molecule has 23 heavy (non-hydrogen) atoms. The highest BCUT2D eigenvalue weighted by molar-refractivity contribution is 9.10. The Morgan fingerprint density at radius 2 is 1.91 bits per heavy atom. The van der Waals surface area contributed by atoms with Gasteiger partial charge in [0.25, 0.3) is 0 Å². The molecule has 118 valence electrons. The van der Waals surface area contributed by atoms with Crippen molar-refractivity contribution in [1.29, 1.82) is 0 Å². The fraction of sp³-hybridized carbons (Fsp3) is 0.167. The molecule has 0 atom stereocenters. The summed E-state index contributed by atoms with van der Waals surface area (Å²) in [7, 11) is 3.21. The van der Waals surface area contributed by atoms with Gasteiger partial charge >= 0.3 is 5.97 Å². The summed E-state index contributed by atoms with van der Waals surface area (Å²) in [5.41, 5.74) is 2.43. The number of benzene rings is 2. The molecule has 5 heteroatoms.